The van der Waals surface area contributed by atoms with Crippen molar-refractivity contribution in [1.82, 2.24) is 0 Å². The minimum atomic E-state index is -0.568. The Morgan fingerprint density at radius 3 is 2.20 bits per heavy atom. The highest BCUT2D eigenvalue weighted by Crippen LogP contribution is 2.16. The van der Waals surface area contributed by atoms with Crippen LogP contribution in [0.3, 0.4) is 0 Å². The summed E-state index contributed by atoms with van der Waals surface area (Å²) in [6.07, 6.45) is 0. The van der Waals surface area contributed by atoms with E-state index in [4.69, 9.17) is 18.0 Å². The number of benzene rings is 2. The molecule has 0 bridgehead atoms. The van der Waals surface area contributed by atoms with Crippen LogP contribution in [-0.4, -0.2) is 11.0 Å². The molecule has 0 fully saturated rings. The molecule has 0 aliphatic carbocycles. The van der Waals surface area contributed by atoms with E-state index in [0.717, 1.165) is 0 Å². The number of hydrogen-bond donors (Lipinski definition) is 3. The number of rotatable bonds is 3. The zero-order chi connectivity index (χ0) is 14.5. The summed E-state index contributed by atoms with van der Waals surface area (Å²) < 4.78 is 13.5. The number of anilines is 2. The van der Waals surface area contributed by atoms with Crippen molar-refractivity contribution in [3.63, 3.8) is 0 Å². The van der Waals surface area contributed by atoms with Crippen LogP contribution in [0.1, 0.15) is 10.4 Å². The first-order valence-electron chi connectivity index (χ1n) is 5.79. The summed E-state index contributed by atoms with van der Waals surface area (Å²) in [5.74, 6) is -0.985. The molecule has 20 heavy (non-hydrogen) atoms. The second-order valence-corrected chi connectivity index (χ2v) is 4.38. The zero-order valence-corrected chi connectivity index (χ0v) is 11.2. The highest BCUT2D eigenvalue weighted by Gasteiger charge is 2.09. The Bertz CT molecular complexity index is 660. The van der Waals surface area contributed by atoms with Crippen LogP contribution in [0.25, 0.3) is 0 Å². The third-order valence-corrected chi connectivity index (χ3v) is 2.77. The molecular formula is C14H12FN3OS. The standard InChI is InChI=1S/C14H12FN3OS/c15-10-6-2-4-8-12(10)18-14(20)17-11-7-3-1-5-9(11)13(16)19/h1-8H,(H2,16,19)(H2,17,18,20). The SMILES string of the molecule is NC(=O)c1ccccc1NC(=S)Nc1ccccc1F. The van der Waals surface area contributed by atoms with Gasteiger partial charge in [-0.25, -0.2) is 4.39 Å². The summed E-state index contributed by atoms with van der Waals surface area (Å²) in [4.78, 5) is 11.3. The molecule has 2 rings (SSSR count). The van der Waals surface area contributed by atoms with Crippen LogP contribution in [0.4, 0.5) is 15.8 Å². The number of hydrogen-bond acceptors (Lipinski definition) is 2. The van der Waals surface area contributed by atoms with E-state index < -0.39 is 11.7 Å². The molecule has 0 unspecified atom stereocenters. The van der Waals surface area contributed by atoms with Crippen LogP contribution >= 0.6 is 12.2 Å². The molecule has 0 aliphatic rings. The predicted octanol–water partition coefficient (Wildman–Crippen LogP) is 2.73. The molecule has 102 valence electrons. The van der Waals surface area contributed by atoms with Crippen LogP contribution in [-0.2, 0) is 0 Å². The summed E-state index contributed by atoms with van der Waals surface area (Å²) in [7, 11) is 0. The van der Waals surface area contributed by atoms with Crippen molar-refractivity contribution in [2.24, 2.45) is 5.73 Å². The average molecular weight is 289 g/mol. The Hall–Kier alpha value is -2.47. The van der Waals surface area contributed by atoms with E-state index in [-0.39, 0.29) is 10.8 Å². The Kier molecular flexibility index (Phi) is 4.27. The van der Waals surface area contributed by atoms with Crippen molar-refractivity contribution < 1.29 is 9.18 Å². The number of carbonyl (C=O) groups is 1. The number of amides is 1. The van der Waals surface area contributed by atoms with Crippen molar-refractivity contribution in [1.29, 1.82) is 0 Å². The molecule has 1 amide bonds. The van der Waals surface area contributed by atoms with E-state index in [9.17, 15) is 9.18 Å². The maximum Gasteiger partial charge on any atom is 0.250 e. The molecule has 0 saturated heterocycles. The monoisotopic (exact) mass is 289 g/mol. The maximum absolute atomic E-state index is 13.5. The van der Waals surface area contributed by atoms with Crippen molar-refractivity contribution in [3.8, 4) is 0 Å². The molecule has 4 nitrogen and oxygen atoms in total. The molecule has 2 aromatic rings. The topological polar surface area (TPSA) is 67.2 Å². The molecule has 0 aromatic heterocycles. The van der Waals surface area contributed by atoms with Crippen LogP contribution in [0.5, 0.6) is 0 Å². The first kappa shape index (κ1) is 14.0. The molecule has 4 N–H and O–H groups in total. The minimum Gasteiger partial charge on any atom is -0.366 e. The van der Waals surface area contributed by atoms with Crippen LogP contribution in [0, 0.1) is 5.82 Å². The van der Waals surface area contributed by atoms with Gasteiger partial charge in [-0.05, 0) is 36.5 Å². The molecule has 6 heteroatoms. The predicted molar refractivity (Wildman–Crippen MR) is 81.2 cm³/mol. The lowest BCUT2D eigenvalue weighted by molar-refractivity contribution is 0.100. The molecule has 0 spiro atoms. The fraction of sp³-hybridized carbons (Fsp3) is 0. The third kappa shape index (κ3) is 3.30. The number of primary amides is 1. The Balaban J connectivity index is 2.13. The van der Waals surface area contributed by atoms with Gasteiger partial charge in [-0.2, -0.15) is 0 Å². The van der Waals surface area contributed by atoms with Crippen LogP contribution < -0.4 is 16.4 Å². The molecule has 0 atom stereocenters. The lowest BCUT2D eigenvalue weighted by atomic mass is 10.1. The van der Waals surface area contributed by atoms with Crippen molar-refractivity contribution in [2.45, 2.75) is 0 Å². The summed E-state index contributed by atoms with van der Waals surface area (Å²) in [6, 6.07) is 12.8. The van der Waals surface area contributed by atoms with E-state index in [1.54, 1.807) is 42.5 Å². The molecule has 0 aliphatic heterocycles. The van der Waals surface area contributed by atoms with Gasteiger partial charge in [-0.15, -0.1) is 0 Å². The van der Waals surface area contributed by atoms with Gasteiger partial charge in [-0.1, -0.05) is 24.3 Å². The van der Waals surface area contributed by atoms with Crippen molar-refractivity contribution in [3.05, 3.63) is 59.9 Å². The van der Waals surface area contributed by atoms with Gasteiger partial charge in [0, 0.05) is 0 Å². The number of carbonyl (C=O) groups excluding carboxylic acids is 1. The molecule has 0 saturated carbocycles. The summed E-state index contributed by atoms with van der Waals surface area (Å²) >= 11 is 5.08. The summed E-state index contributed by atoms with van der Waals surface area (Å²) in [5.41, 5.74) is 6.29. The van der Waals surface area contributed by atoms with Gasteiger partial charge < -0.3 is 16.4 Å². The Morgan fingerprint density at radius 1 is 1.00 bits per heavy atom. The number of nitrogens with one attached hydrogen (secondary N) is 2. The quantitative estimate of drug-likeness (QED) is 0.760. The molecule has 0 radical (unpaired) electrons. The summed E-state index contributed by atoms with van der Waals surface area (Å²) in [5, 5.41) is 5.71. The second-order valence-electron chi connectivity index (χ2n) is 3.97. The van der Waals surface area contributed by atoms with Gasteiger partial charge >= 0.3 is 0 Å². The maximum atomic E-state index is 13.5. The fourth-order valence-electron chi connectivity index (χ4n) is 1.65. The van der Waals surface area contributed by atoms with Crippen molar-refractivity contribution in [2.75, 3.05) is 10.6 Å². The number of para-hydroxylation sites is 2. The van der Waals surface area contributed by atoms with Gasteiger partial charge in [0.25, 0.3) is 5.91 Å². The van der Waals surface area contributed by atoms with Gasteiger partial charge in [0.15, 0.2) is 5.11 Å². The average Bonchev–Trinajstić information content (AvgIpc) is 2.41. The normalized spacial score (nSPS) is 9.85. The lowest BCUT2D eigenvalue weighted by Gasteiger charge is -2.13. The van der Waals surface area contributed by atoms with Crippen molar-refractivity contribution >= 4 is 34.6 Å². The lowest BCUT2D eigenvalue weighted by Crippen LogP contribution is -2.22. The third-order valence-electron chi connectivity index (χ3n) is 2.56. The fourth-order valence-corrected chi connectivity index (χ4v) is 1.87. The summed E-state index contributed by atoms with van der Waals surface area (Å²) in [6.45, 7) is 0. The first-order valence-corrected chi connectivity index (χ1v) is 6.20. The van der Waals surface area contributed by atoms with E-state index in [1.807, 2.05) is 0 Å². The van der Waals surface area contributed by atoms with Crippen LogP contribution in [0.2, 0.25) is 0 Å². The van der Waals surface area contributed by atoms with Gasteiger partial charge in [-0.3, -0.25) is 4.79 Å². The highest BCUT2D eigenvalue weighted by molar-refractivity contribution is 7.80. The first-order chi connectivity index (χ1) is 9.58. The van der Waals surface area contributed by atoms with Gasteiger partial charge in [0.2, 0.25) is 0 Å². The largest absolute Gasteiger partial charge is 0.366 e. The van der Waals surface area contributed by atoms with Gasteiger partial charge in [0.05, 0.1) is 16.9 Å². The van der Waals surface area contributed by atoms with E-state index >= 15 is 0 Å². The highest BCUT2D eigenvalue weighted by atomic mass is 32.1. The number of thiocarbonyl (C=S) groups is 1. The van der Waals surface area contributed by atoms with E-state index in [1.165, 1.54) is 6.07 Å². The van der Waals surface area contributed by atoms with Gasteiger partial charge in [0.1, 0.15) is 5.82 Å². The Morgan fingerprint density at radius 2 is 1.55 bits per heavy atom. The smallest absolute Gasteiger partial charge is 0.250 e. The second kappa shape index (κ2) is 6.12. The Labute approximate surface area is 120 Å². The van der Waals surface area contributed by atoms with E-state index in [0.29, 0.717) is 11.3 Å². The zero-order valence-electron chi connectivity index (χ0n) is 10.4. The van der Waals surface area contributed by atoms with E-state index in [2.05, 4.69) is 10.6 Å². The number of halogens is 1. The molecular weight excluding hydrogens is 277 g/mol. The number of nitrogens with two attached hydrogens (primary N) is 1. The minimum absolute atomic E-state index is 0.170. The van der Waals surface area contributed by atoms with Crippen LogP contribution in [0.15, 0.2) is 48.5 Å². The molecule has 0 heterocycles. The molecule has 2 aromatic carbocycles.